The van der Waals surface area contributed by atoms with E-state index in [9.17, 15) is 5.26 Å². The van der Waals surface area contributed by atoms with Crippen LogP contribution in [0, 0.1) is 23.2 Å². The van der Waals surface area contributed by atoms with Crippen molar-refractivity contribution >= 4 is 0 Å². The molecule has 1 aromatic carbocycles. The number of rotatable bonds is 2. The van der Waals surface area contributed by atoms with Crippen LogP contribution in [-0.2, 0) is 27.7 Å². The fourth-order valence-corrected chi connectivity index (χ4v) is 6.74. The quantitative estimate of drug-likeness (QED) is 0.876. The number of nitrogens with one attached hydrogen (secondary N) is 1. The Morgan fingerprint density at radius 3 is 2.78 bits per heavy atom. The first-order valence-electron chi connectivity index (χ1n) is 10.8. The summed E-state index contributed by atoms with van der Waals surface area (Å²) in [5.41, 5.74) is 5.42. The molecule has 3 atom stereocenters. The summed E-state index contributed by atoms with van der Waals surface area (Å²) in [6, 6.07) is 7.44. The molecular weight excluding hydrogens is 336 g/mol. The van der Waals surface area contributed by atoms with Gasteiger partial charge in [0.15, 0.2) is 5.79 Å². The van der Waals surface area contributed by atoms with Gasteiger partial charge < -0.3 is 14.8 Å². The van der Waals surface area contributed by atoms with Gasteiger partial charge in [0.05, 0.1) is 24.8 Å². The van der Waals surface area contributed by atoms with Crippen LogP contribution in [0.4, 0.5) is 0 Å². The molecule has 0 aromatic heterocycles. The van der Waals surface area contributed by atoms with Gasteiger partial charge in [-0.1, -0.05) is 0 Å². The molecule has 3 unspecified atom stereocenters. The van der Waals surface area contributed by atoms with Gasteiger partial charge in [-0.25, -0.2) is 0 Å². The van der Waals surface area contributed by atoms with Crippen LogP contribution in [0.25, 0.3) is 0 Å². The fraction of sp³-hybridized carbons (Fsp3) is 0.696. The first-order valence-corrected chi connectivity index (χ1v) is 10.8. The van der Waals surface area contributed by atoms with Crippen molar-refractivity contribution in [3.63, 3.8) is 0 Å². The number of nitriles is 1. The molecule has 1 aromatic rings. The fourth-order valence-electron chi connectivity index (χ4n) is 6.74. The molecule has 2 saturated heterocycles. The minimum absolute atomic E-state index is 0.108. The predicted molar refractivity (Wildman–Crippen MR) is 101 cm³/mol. The summed E-state index contributed by atoms with van der Waals surface area (Å²) in [6.07, 6.45) is 9.26. The largest absolute Gasteiger partial charge is 0.348 e. The number of ether oxygens (including phenoxy) is 2. The zero-order chi connectivity index (χ0) is 18.1. The van der Waals surface area contributed by atoms with Gasteiger partial charge in [-0.2, -0.15) is 5.26 Å². The van der Waals surface area contributed by atoms with Gasteiger partial charge in [0.25, 0.3) is 0 Å². The molecule has 2 saturated carbocycles. The normalized spacial score (nSPS) is 36.1. The summed E-state index contributed by atoms with van der Waals surface area (Å²) >= 11 is 0. The van der Waals surface area contributed by atoms with Crippen molar-refractivity contribution in [3.8, 4) is 6.07 Å². The van der Waals surface area contributed by atoms with E-state index in [1.165, 1.54) is 24.0 Å². The van der Waals surface area contributed by atoms with Crippen molar-refractivity contribution in [1.82, 2.24) is 5.32 Å². The summed E-state index contributed by atoms with van der Waals surface area (Å²) in [6.45, 7) is 2.51. The van der Waals surface area contributed by atoms with Gasteiger partial charge in [0.1, 0.15) is 0 Å². The molecule has 3 aliphatic carbocycles. The molecule has 2 bridgehead atoms. The Balaban J connectivity index is 1.51. The lowest BCUT2D eigenvalue weighted by Gasteiger charge is -2.59. The molecule has 4 heteroatoms. The first kappa shape index (κ1) is 16.5. The van der Waals surface area contributed by atoms with Crippen LogP contribution in [-0.4, -0.2) is 31.6 Å². The van der Waals surface area contributed by atoms with Crippen molar-refractivity contribution in [2.24, 2.45) is 11.8 Å². The molecule has 2 heterocycles. The average molecular weight is 364 g/mol. The highest BCUT2D eigenvalue weighted by atomic mass is 16.7. The van der Waals surface area contributed by atoms with E-state index in [1.807, 2.05) is 0 Å². The molecule has 5 aliphatic rings. The second kappa shape index (κ2) is 5.80. The maximum Gasteiger partial charge on any atom is 0.169 e. The molecule has 4 fully saturated rings. The van der Waals surface area contributed by atoms with Crippen LogP contribution in [0.3, 0.4) is 0 Å². The molecule has 142 valence electrons. The molecule has 4 nitrogen and oxygen atoms in total. The van der Waals surface area contributed by atoms with Crippen LogP contribution in [0.2, 0.25) is 0 Å². The van der Waals surface area contributed by atoms with E-state index >= 15 is 0 Å². The number of hydrogen-bond donors (Lipinski definition) is 1. The summed E-state index contributed by atoms with van der Waals surface area (Å²) in [4.78, 5) is 0. The standard InChI is InChI=1S/C23H28N2O2/c24-13-16-10-17(9-15-1-2-15)18-12-21-19-3-4-23(26-7-8-27-23)14-22(19,5-6-25-21)20(18)11-16/h10-11,15,19,21,25H,1-9,12,14H2. The lowest BCUT2D eigenvalue weighted by Crippen LogP contribution is -2.63. The second-order valence-corrected chi connectivity index (χ2v) is 9.52. The first-order chi connectivity index (χ1) is 13.2. The van der Waals surface area contributed by atoms with E-state index in [2.05, 4.69) is 23.5 Å². The van der Waals surface area contributed by atoms with Crippen LogP contribution in [0.1, 0.15) is 60.8 Å². The van der Waals surface area contributed by atoms with E-state index in [0.717, 1.165) is 69.8 Å². The third-order valence-corrected chi connectivity index (χ3v) is 8.05. The lowest BCUT2D eigenvalue weighted by atomic mass is 9.51. The number of nitrogens with zero attached hydrogens (tertiary/aromatic N) is 1. The Labute approximate surface area is 161 Å². The highest BCUT2D eigenvalue weighted by Crippen LogP contribution is 2.58. The number of piperidine rings is 1. The third kappa shape index (κ3) is 2.45. The van der Waals surface area contributed by atoms with Crippen LogP contribution >= 0.6 is 0 Å². The second-order valence-electron chi connectivity index (χ2n) is 9.52. The van der Waals surface area contributed by atoms with Gasteiger partial charge in [0.2, 0.25) is 0 Å². The molecule has 0 amide bonds. The van der Waals surface area contributed by atoms with E-state index < -0.39 is 0 Å². The van der Waals surface area contributed by atoms with Crippen molar-refractivity contribution in [1.29, 1.82) is 5.26 Å². The van der Waals surface area contributed by atoms with Crippen molar-refractivity contribution in [2.75, 3.05) is 19.8 Å². The Bertz CT molecular complexity index is 818. The Morgan fingerprint density at radius 2 is 2.00 bits per heavy atom. The molecule has 0 radical (unpaired) electrons. The topological polar surface area (TPSA) is 54.3 Å². The van der Waals surface area contributed by atoms with Crippen LogP contribution in [0.15, 0.2) is 12.1 Å². The van der Waals surface area contributed by atoms with Gasteiger partial charge >= 0.3 is 0 Å². The molecule has 1 spiro atoms. The highest BCUT2D eigenvalue weighted by molar-refractivity contribution is 5.51. The van der Waals surface area contributed by atoms with Crippen molar-refractivity contribution < 1.29 is 9.47 Å². The molecule has 1 N–H and O–H groups in total. The lowest BCUT2D eigenvalue weighted by molar-refractivity contribution is -0.207. The smallest absolute Gasteiger partial charge is 0.169 e. The Kier molecular flexibility index (Phi) is 3.55. The van der Waals surface area contributed by atoms with Gasteiger partial charge in [0, 0.05) is 24.3 Å². The number of hydrogen-bond acceptors (Lipinski definition) is 4. The number of benzene rings is 1. The van der Waals surface area contributed by atoms with Crippen molar-refractivity contribution in [3.05, 3.63) is 34.4 Å². The van der Waals surface area contributed by atoms with Crippen LogP contribution < -0.4 is 5.32 Å². The third-order valence-electron chi connectivity index (χ3n) is 8.05. The zero-order valence-corrected chi connectivity index (χ0v) is 15.9. The predicted octanol–water partition coefficient (Wildman–Crippen LogP) is 3.21. The number of fused-ring (bicyclic) bond motifs is 1. The highest BCUT2D eigenvalue weighted by Gasteiger charge is 2.59. The summed E-state index contributed by atoms with van der Waals surface area (Å²) < 4.78 is 12.4. The molecule has 27 heavy (non-hydrogen) atoms. The minimum atomic E-state index is -0.383. The minimum Gasteiger partial charge on any atom is -0.348 e. The van der Waals surface area contributed by atoms with Gasteiger partial charge in [-0.15, -0.1) is 0 Å². The van der Waals surface area contributed by atoms with E-state index in [0.29, 0.717) is 12.0 Å². The van der Waals surface area contributed by atoms with E-state index in [-0.39, 0.29) is 11.2 Å². The average Bonchev–Trinajstić information content (AvgIpc) is 3.39. The SMILES string of the molecule is N#Cc1cc(CC2CC2)c2c(c1)C13CCNC(C2)C1CCC1(C3)OCCO1. The molecular formula is C23H28N2O2. The monoisotopic (exact) mass is 364 g/mol. The maximum atomic E-state index is 9.73. The van der Waals surface area contributed by atoms with Crippen LogP contribution in [0.5, 0.6) is 0 Å². The Hall–Kier alpha value is -1.41. The van der Waals surface area contributed by atoms with E-state index in [4.69, 9.17) is 9.47 Å². The zero-order valence-electron chi connectivity index (χ0n) is 15.9. The van der Waals surface area contributed by atoms with Gasteiger partial charge in [-0.05, 0) is 85.7 Å². The Morgan fingerprint density at radius 1 is 1.15 bits per heavy atom. The maximum absolute atomic E-state index is 9.73. The summed E-state index contributed by atoms with van der Waals surface area (Å²) in [5.74, 6) is 1.09. The van der Waals surface area contributed by atoms with Gasteiger partial charge in [-0.3, -0.25) is 0 Å². The van der Waals surface area contributed by atoms with E-state index in [1.54, 1.807) is 5.56 Å². The summed E-state index contributed by atoms with van der Waals surface area (Å²) in [7, 11) is 0. The summed E-state index contributed by atoms with van der Waals surface area (Å²) in [5, 5.41) is 13.6. The molecule has 6 rings (SSSR count). The van der Waals surface area contributed by atoms with Crippen molar-refractivity contribution in [2.45, 2.75) is 68.6 Å². The molecule has 2 aliphatic heterocycles.